The molecule has 0 aromatic heterocycles. The van der Waals surface area contributed by atoms with Gasteiger partial charge < -0.3 is 20.6 Å². The van der Waals surface area contributed by atoms with E-state index >= 15 is 0 Å². The van der Waals surface area contributed by atoms with Crippen LogP contribution < -0.4 is 5.73 Å². The molecular weight excluding hydrogens is 210 g/mol. The summed E-state index contributed by atoms with van der Waals surface area (Å²) < 4.78 is 0. The number of nitrogens with two attached hydrogens (primary N) is 1. The van der Waals surface area contributed by atoms with E-state index in [-0.39, 0.29) is 13.1 Å². The van der Waals surface area contributed by atoms with Crippen LogP contribution in [0.5, 0.6) is 0 Å². The lowest BCUT2D eigenvalue weighted by atomic mass is 10.2. The molecule has 1 aliphatic rings. The molecule has 0 aliphatic carbocycles. The lowest BCUT2D eigenvalue weighted by molar-refractivity contribution is -0.156. The molecule has 0 aromatic rings. The van der Waals surface area contributed by atoms with Crippen LogP contribution >= 0.6 is 0 Å². The summed E-state index contributed by atoms with van der Waals surface area (Å²) in [6.07, 6.45) is 0.0826. The van der Waals surface area contributed by atoms with Gasteiger partial charge in [-0.1, -0.05) is 6.92 Å². The highest BCUT2D eigenvalue weighted by molar-refractivity contribution is 6.35. The van der Waals surface area contributed by atoms with Gasteiger partial charge in [0.2, 0.25) is 0 Å². The van der Waals surface area contributed by atoms with Gasteiger partial charge in [0.15, 0.2) is 0 Å². The fraction of sp³-hybridized carbons (Fsp3) is 0.800. The molecule has 0 spiro atoms. The molecule has 1 heterocycles. The van der Waals surface area contributed by atoms with Crippen molar-refractivity contribution in [1.82, 2.24) is 9.80 Å². The van der Waals surface area contributed by atoms with Gasteiger partial charge in [-0.15, -0.1) is 0 Å². The monoisotopic (exact) mass is 229 g/mol. The molecule has 1 rings (SSSR count). The smallest absolute Gasteiger partial charge is 0.312 e. The topological polar surface area (TPSA) is 86.9 Å². The van der Waals surface area contributed by atoms with Crippen LogP contribution in [-0.4, -0.2) is 65.5 Å². The Morgan fingerprint density at radius 3 is 2.44 bits per heavy atom. The van der Waals surface area contributed by atoms with Crippen LogP contribution in [0.1, 0.15) is 13.3 Å². The number of rotatable bonds is 5. The van der Waals surface area contributed by atoms with Gasteiger partial charge in [-0.05, 0) is 6.42 Å². The first-order valence-electron chi connectivity index (χ1n) is 5.56. The highest BCUT2D eigenvalue weighted by Crippen LogP contribution is 2.06. The van der Waals surface area contributed by atoms with Crippen molar-refractivity contribution in [3.05, 3.63) is 0 Å². The zero-order valence-electron chi connectivity index (χ0n) is 9.56. The number of piperazine rings is 1. The van der Waals surface area contributed by atoms with Gasteiger partial charge in [-0.2, -0.15) is 0 Å². The minimum Gasteiger partial charge on any atom is -0.390 e. The third kappa shape index (κ3) is 2.93. The van der Waals surface area contributed by atoms with E-state index in [0.29, 0.717) is 19.6 Å². The van der Waals surface area contributed by atoms with Crippen molar-refractivity contribution in [2.75, 3.05) is 32.7 Å². The maximum atomic E-state index is 11.6. The first kappa shape index (κ1) is 12.9. The van der Waals surface area contributed by atoms with Crippen LogP contribution in [0.3, 0.4) is 0 Å². The van der Waals surface area contributed by atoms with Gasteiger partial charge >= 0.3 is 11.8 Å². The van der Waals surface area contributed by atoms with Crippen LogP contribution in [0.25, 0.3) is 0 Å². The normalized spacial score (nSPS) is 19.2. The van der Waals surface area contributed by atoms with E-state index in [1.54, 1.807) is 4.90 Å². The van der Waals surface area contributed by atoms with Crippen LogP contribution in [0, 0.1) is 0 Å². The maximum Gasteiger partial charge on any atom is 0.312 e. The van der Waals surface area contributed by atoms with Gasteiger partial charge in [-0.25, -0.2) is 0 Å². The zero-order chi connectivity index (χ0) is 12.1. The van der Waals surface area contributed by atoms with E-state index in [1.165, 1.54) is 4.90 Å². The number of hydrogen-bond donors (Lipinski definition) is 2. The fourth-order valence-electron chi connectivity index (χ4n) is 1.70. The van der Waals surface area contributed by atoms with Gasteiger partial charge in [0.25, 0.3) is 0 Å². The largest absolute Gasteiger partial charge is 0.390 e. The Morgan fingerprint density at radius 2 is 1.88 bits per heavy atom. The Bertz CT molecular complexity index is 270. The number of hydrogen-bond acceptors (Lipinski definition) is 4. The second-order valence-electron chi connectivity index (χ2n) is 3.93. The lowest BCUT2D eigenvalue weighted by Gasteiger charge is -2.34. The average Bonchev–Trinajstić information content (AvgIpc) is 2.28. The van der Waals surface area contributed by atoms with E-state index in [0.717, 1.165) is 6.42 Å². The molecule has 92 valence electrons. The number of aliphatic hydroxyl groups is 1. The minimum absolute atomic E-state index is 0.0939. The summed E-state index contributed by atoms with van der Waals surface area (Å²) >= 11 is 0. The summed E-state index contributed by atoms with van der Waals surface area (Å²) in [5.74, 6) is -1.01. The van der Waals surface area contributed by atoms with E-state index in [2.05, 4.69) is 0 Å². The minimum atomic E-state index is -0.755. The molecule has 2 amide bonds. The van der Waals surface area contributed by atoms with Crippen molar-refractivity contribution in [3.63, 3.8) is 0 Å². The molecule has 16 heavy (non-hydrogen) atoms. The summed E-state index contributed by atoms with van der Waals surface area (Å²) in [4.78, 5) is 26.2. The van der Waals surface area contributed by atoms with Crippen molar-refractivity contribution < 1.29 is 14.7 Å². The Morgan fingerprint density at radius 1 is 1.31 bits per heavy atom. The van der Waals surface area contributed by atoms with Crippen molar-refractivity contribution >= 4 is 11.8 Å². The molecule has 6 nitrogen and oxygen atoms in total. The predicted molar refractivity (Wildman–Crippen MR) is 58.5 cm³/mol. The highest BCUT2D eigenvalue weighted by atomic mass is 16.3. The third-order valence-corrected chi connectivity index (χ3v) is 2.59. The van der Waals surface area contributed by atoms with Crippen LogP contribution in [-0.2, 0) is 9.59 Å². The lowest BCUT2D eigenvalue weighted by Crippen LogP contribution is -2.56. The Kier molecular flexibility index (Phi) is 4.70. The average molecular weight is 229 g/mol. The van der Waals surface area contributed by atoms with Crippen LogP contribution in [0.4, 0.5) is 0 Å². The Balaban J connectivity index is 2.54. The molecule has 1 unspecified atom stereocenters. The number of carbonyl (C=O) groups is 2. The number of amides is 2. The van der Waals surface area contributed by atoms with Crippen molar-refractivity contribution in [2.24, 2.45) is 5.73 Å². The summed E-state index contributed by atoms with van der Waals surface area (Å²) in [5, 5.41) is 9.34. The van der Waals surface area contributed by atoms with E-state index in [9.17, 15) is 14.7 Å². The highest BCUT2D eigenvalue weighted by Gasteiger charge is 2.32. The van der Waals surface area contributed by atoms with Gasteiger partial charge in [-0.3, -0.25) is 9.59 Å². The van der Waals surface area contributed by atoms with E-state index in [1.807, 2.05) is 6.92 Å². The quantitative estimate of drug-likeness (QED) is 0.555. The summed E-state index contributed by atoms with van der Waals surface area (Å²) in [7, 11) is 0. The molecule has 3 N–H and O–H groups in total. The standard InChI is InChI=1S/C10H19N3O3/c1-2-3-12-4-5-13(7-8(14)6-11)10(16)9(12)15/h8,14H,2-7,11H2,1H3. The molecule has 1 aliphatic heterocycles. The molecular formula is C10H19N3O3. The van der Waals surface area contributed by atoms with Gasteiger partial charge in [0.1, 0.15) is 0 Å². The first-order chi connectivity index (χ1) is 7.60. The Labute approximate surface area is 95.0 Å². The third-order valence-electron chi connectivity index (χ3n) is 2.59. The van der Waals surface area contributed by atoms with E-state index < -0.39 is 17.9 Å². The molecule has 1 saturated heterocycles. The molecule has 0 bridgehead atoms. The molecule has 0 aromatic carbocycles. The summed E-state index contributed by atoms with van der Waals surface area (Å²) in [6.45, 7) is 3.81. The van der Waals surface area contributed by atoms with Crippen molar-refractivity contribution in [2.45, 2.75) is 19.4 Å². The van der Waals surface area contributed by atoms with E-state index in [4.69, 9.17) is 5.73 Å². The molecule has 0 radical (unpaired) electrons. The summed E-state index contributed by atoms with van der Waals surface area (Å²) in [5.41, 5.74) is 5.26. The maximum absolute atomic E-state index is 11.6. The fourth-order valence-corrected chi connectivity index (χ4v) is 1.70. The second kappa shape index (κ2) is 5.81. The molecule has 1 fully saturated rings. The van der Waals surface area contributed by atoms with Crippen molar-refractivity contribution in [1.29, 1.82) is 0 Å². The first-order valence-corrected chi connectivity index (χ1v) is 5.56. The number of aliphatic hydroxyl groups excluding tert-OH is 1. The second-order valence-corrected chi connectivity index (χ2v) is 3.93. The van der Waals surface area contributed by atoms with Crippen LogP contribution in [0.2, 0.25) is 0 Å². The number of β-amino-alcohol motifs (C(OH)–C–C–N with tert-alkyl or cyclic N) is 1. The number of nitrogens with zero attached hydrogens (tertiary/aromatic N) is 2. The Hall–Kier alpha value is -1.14. The molecule has 6 heteroatoms. The SMILES string of the molecule is CCCN1CCN(CC(O)CN)C(=O)C1=O. The predicted octanol–water partition coefficient (Wildman–Crippen LogP) is -1.61. The summed E-state index contributed by atoms with van der Waals surface area (Å²) in [6, 6.07) is 0. The number of carbonyl (C=O) groups excluding carboxylic acids is 2. The van der Waals surface area contributed by atoms with Gasteiger partial charge in [0.05, 0.1) is 6.10 Å². The molecule has 1 atom stereocenters. The van der Waals surface area contributed by atoms with Gasteiger partial charge in [0, 0.05) is 32.7 Å². The molecule has 0 saturated carbocycles. The zero-order valence-corrected chi connectivity index (χ0v) is 9.56. The van der Waals surface area contributed by atoms with Crippen molar-refractivity contribution in [3.8, 4) is 0 Å². The van der Waals surface area contributed by atoms with Crippen LogP contribution in [0.15, 0.2) is 0 Å².